The fraction of sp³-hybridized carbons (Fsp3) is 0.571. The molecule has 0 saturated heterocycles. The fourth-order valence-electron chi connectivity index (χ4n) is 2.76. The van der Waals surface area contributed by atoms with E-state index in [4.69, 9.17) is 10.2 Å². The van der Waals surface area contributed by atoms with E-state index >= 15 is 0 Å². The molecule has 1 heterocycles. The maximum atomic E-state index is 11.1. The smallest absolute Gasteiger partial charge is 0.306 e. The molecule has 1 aliphatic carbocycles. The molecule has 3 N–H and O–H groups in total. The highest BCUT2D eigenvalue weighted by atomic mass is 32.1. The van der Waals surface area contributed by atoms with E-state index in [9.17, 15) is 9.59 Å². The number of rotatable bonds is 6. The first-order valence-electron chi connectivity index (χ1n) is 6.80. The van der Waals surface area contributed by atoms with Crippen LogP contribution in [0.2, 0.25) is 0 Å². The molecular weight excluding hydrogens is 278 g/mol. The largest absolute Gasteiger partial charge is 0.481 e. The molecule has 2 rings (SSSR count). The summed E-state index contributed by atoms with van der Waals surface area (Å²) in [6, 6.07) is 3.67. The lowest BCUT2D eigenvalue weighted by Crippen LogP contribution is -2.39. The van der Waals surface area contributed by atoms with Crippen LogP contribution < -0.4 is 5.32 Å². The van der Waals surface area contributed by atoms with Gasteiger partial charge in [-0.3, -0.25) is 9.59 Å². The van der Waals surface area contributed by atoms with Gasteiger partial charge in [-0.25, -0.2) is 0 Å². The number of hydrogen-bond acceptors (Lipinski definition) is 4. The van der Waals surface area contributed by atoms with Crippen molar-refractivity contribution >= 4 is 23.3 Å². The Hall–Kier alpha value is -1.40. The van der Waals surface area contributed by atoms with Crippen molar-refractivity contribution in [1.29, 1.82) is 0 Å². The van der Waals surface area contributed by atoms with Gasteiger partial charge in [0.15, 0.2) is 0 Å². The quantitative estimate of drug-likeness (QED) is 0.751. The van der Waals surface area contributed by atoms with Crippen molar-refractivity contribution in [2.75, 3.05) is 0 Å². The Morgan fingerprint density at radius 1 is 1.40 bits per heavy atom. The Morgan fingerprint density at radius 2 is 2.20 bits per heavy atom. The molecule has 1 aromatic rings. The standard InChI is InChI=1S/C14H19NO4S/c16-13(17)8-11(12-5-2-6-20-12)15-10-4-1-3-9(7-10)14(18)19/h2,5-6,9-11,15H,1,3-4,7-8H2,(H,16,17)(H,18,19). The highest BCUT2D eigenvalue weighted by Crippen LogP contribution is 2.29. The van der Waals surface area contributed by atoms with Gasteiger partial charge < -0.3 is 15.5 Å². The molecule has 0 aliphatic heterocycles. The molecule has 1 aromatic heterocycles. The number of nitrogens with one attached hydrogen (secondary N) is 1. The normalized spacial score (nSPS) is 24.2. The van der Waals surface area contributed by atoms with Gasteiger partial charge >= 0.3 is 11.9 Å². The Morgan fingerprint density at radius 3 is 2.80 bits per heavy atom. The van der Waals surface area contributed by atoms with E-state index in [-0.39, 0.29) is 24.4 Å². The van der Waals surface area contributed by atoms with Gasteiger partial charge in [0.25, 0.3) is 0 Å². The van der Waals surface area contributed by atoms with Crippen LogP contribution in [0.3, 0.4) is 0 Å². The predicted molar refractivity (Wildman–Crippen MR) is 75.8 cm³/mol. The average Bonchev–Trinajstić information content (AvgIpc) is 2.91. The van der Waals surface area contributed by atoms with E-state index in [2.05, 4.69) is 5.32 Å². The van der Waals surface area contributed by atoms with Crippen molar-refractivity contribution < 1.29 is 19.8 Å². The lowest BCUT2D eigenvalue weighted by atomic mass is 9.85. The maximum absolute atomic E-state index is 11.1. The van der Waals surface area contributed by atoms with Crippen LogP contribution in [0.15, 0.2) is 17.5 Å². The van der Waals surface area contributed by atoms with Gasteiger partial charge in [-0.15, -0.1) is 11.3 Å². The van der Waals surface area contributed by atoms with E-state index in [1.807, 2.05) is 17.5 Å². The summed E-state index contributed by atoms with van der Waals surface area (Å²) in [5.41, 5.74) is 0. The summed E-state index contributed by atoms with van der Waals surface area (Å²) in [7, 11) is 0. The van der Waals surface area contributed by atoms with Crippen LogP contribution in [-0.2, 0) is 9.59 Å². The molecule has 0 amide bonds. The molecule has 5 nitrogen and oxygen atoms in total. The molecule has 6 heteroatoms. The minimum atomic E-state index is -0.846. The summed E-state index contributed by atoms with van der Waals surface area (Å²) in [4.78, 5) is 23.1. The van der Waals surface area contributed by atoms with Crippen LogP contribution in [-0.4, -0.2) is 28.2 Å². The van der Waals surface area contributed by atoms with Crippen molar-refractivity contribution in [2.24, 2.45) is 5.92 Å². The van der Waals surface area contributed by atoms with Gasteiger partial charge in [0, 0.05) is 10.9 Å². The maximum Gasteiger partial charge on any atom is 0.306 e. The molecule has 110 valence electrons. The van der Waals surface area contributed by atoms with E-state index in [0.29, 0.717) is 6.42 Å². The summed E-state index contributed by atoms with van der Waals surface area (Å²) in [5, 5.41) is 23.4. The minimum absolute atomic E-state index is 0.0226. The van der Waals surface area contributed by atoms with Gasteiger partial charge in [0.2, 0.25) is 0 Å². The van der Waals surface area contributed by atoms with Gasteiger partial charge in [0.1, 0.15) is 0 Å². The van der Waals surface area contributed by atoms with Crippen molar-refractivity contribution in [3.8, 4) is 0 Å². The summed E-state index contributed by atoms with van der Waals surface area (Å²) in [5.74, 6) is -1.90. The van der Waals surface area contributed by atoms with Crippen LogP contribution in [0.5, 0.6) is 0 Å². The van der Waals surface area contributed by atoms with E-state index in [1.165, 1.54) is 11.3 Å². The lowest BCUT2D eigenvalue weighted by Gasteiger charge is -2.30. The van der Waals surface area contributed by atoms with E-state index < -0.39 is 11.9 Å². The number of carboxylic acids is 2. The zero-order valence-electron chi connectivity index (χ0n) is 11.1. The van der Waals surface area contributed by atoms with Crippen LogP contribution in [0, 0.1) is 5.92 Å². The van der Waals surface area contributed by atoms with Crippen molar-refractivity contribution in [3.05, 3.63) is 22.4 Å². The van der Waals surface area contributed by atoms with E-state index in [1.54, 1.807) is 0 Å². The van der Waals surface area contributed by atoms with Gasteiger partial charge in [-0.1, -0.05) is 12.5 Å². The Labute approximate surface area is 121 Å². The number of hydrogen-bond donors (Lipinski definition) is 3. The second-order valence-electron chi connectivity index (χ2n) is 5.23. The second kappa shape index (κ2) is 6.85. The summed E-state index contributed by atoms with van der Waals surface area (Å²) in [6.45, 7) is 0. The lowest BCUT2D eigenvalue weighted by molar-refractivity contribution is -0.143. The third-order valence-electron chi connectivity index (χ3n) is 3.73. The summed E-state index contributed by atoms with van der Waals surface area (Å²) in [6.07, 6.45) is 3.10. The number of thiophene rings is 1. The summed E-state index contributed by atoms with van der Waals surface area (Å²) >= 11 is 1.53. The highest BCUT2D eigenvalue weighted by Gasteiger charge is 2.29. The first-order chi connectivity index (χ1) is 9.56. The van der Waals surface area contributed by atoms with Crippen molar-refractivity contribution in [1.82, 2.24) is 5.32 Å². The second-order valence-corrected chi connectivity index (χ2v) is 6.21. The molecule has 0 radical (unpaired) electrons. The van der Waals surface area contributed by atoms with Gasteiger partial charge in [0.05, 0.1) is 18.4 Å². The molecule has 1 aliphatic rings. The average molecular weight is 297 g/mol. The molecule has 1 fully saturated rings. The van der Waals surface area contributed by atoms with Gasteiger partial charge in [-0.2, -0.15) is 0 Å². The zero-order chi connectivity index (χ0) is 14.5. The third-order valence-corrected chi connectivity index (χ3v) is 4.71. The molecule has 3 atom stereocenters. The topological polar surface area (TPSA) is 86.6 Å². The van der Waals surface area contributed by atoms with Crippen molar-refractivity contribution in [3.63, 3.8) is 0 Å². The third kappa shape index (κ3) is 4.05. The highest BCUT2D eigenvalue weighted by molar-refractivity contribution is 7.10. The molecule has 0 aromatic carbocycles. The molecule has 1 saturated carbocycles. The number of aliphatic carboxylic acids is 2. The van der Waals surface area contributed by atoms with Crippen molar-refractivity contribution in [2.45, 2.75) is 44.2 Å². The number of carboxylic acid groups (broad SMARTS) is 2. The molecule has 0 bridgehead atoms. The molecular formula is C14H19NO4S. The molecule has 20 heavy (non-hydrogen) atoms. The zero-order valence-corrected chi connectivity index (χ0v) is 11.9. The Bertz CT molecular complexity index is 460. The predicted octanol–water partition coefficient (Wildman–Crippen LogP) is 2.50. The van der Waals surface area contributed by atoms with Crippen LogP contribution in [0.25, 0.3) is 0 Å². The van der Waals surface area contributed by atoms with Crippen LogP contribution in [0.1, 0.15) is 43.0 Å². The van der Waals surface area contributed by atoms with Gasteiger partial charge in [-0.05, 0) is 30.7 Å². The number of carbonyl (C=O) groups is 2. The Balaban J connectivity index is 2.00. The monoisotopic (exact) mass is 297 g/mol. The minimum Gasteiger partial charge on any atom is -0.481 e. The fourth-order valence-corrected chi connectivity index (χ4v) is 3.54. The molecule has 3 unspecified atom stereocenters. The SMILES string of the molecule is O=C(O)CC(NC1CCCC(C(=O)O)C1)c1cccs1. The summed E-state index contributed by atoms with van der Waals surface area (Å²) < 4.78 is 0. The molecule has 0 spiro atoms. The van der Waals surface area contributed by atoms with Crippen LogP contribution in [0.4, 0.5) is 0 Å². The van der Waals surface area contributed by atoms with E-state index in [0.717, 1.165) is 24.1 Å². The first kappa shape index (κ1) is 15.0. The first-order valence-corrected chi connectivity index (χ1v) is 7.68. The Kier molecular flexibility index (Phi) is 5.14. The van der Waals surface area contributed by atoms with Crippen LogP contribution >= 0.6 is 11.3 Å².